The Hall–Kier alpha value is -7.70. The zero-order valence-corrected chi connectivity index (χ0v) is 49.7. The topological polar surface area (TPSA) is 433 Å². The molecule has 0 bridgehead atoms. The Morgan fingerprint density at radius 2 is 0.391 bits per heavy atom. The molecule has 4 heterocycles. The number of hydrogen-bond donors (Lipinski definition) is 0. The van der Waals surface area contributed by atoms with Crippen molar-refractivity contribution in [1.82, 2.24) is 0 Å². The van der Waals surface area contributed by atoms with Crippen LogP contribution >= 0.6 is 0 Å². The maximum atomic E-state index is 13.3. The summed E-state index contributed by atoms with van der Waals surface area (Å²) in [7, 11) is 0. The molecule has 4 saturated heterocycles. The molecule has 0 amide bonds. The van der Waals surface area contributed by atoms with Crippen molar-refractivity contribution in [3.63, 3.8) is 0 Å². The molecule has 4 aliphatic rings. The standard InChI is InChI=1S/C52H70O35/c1-19(53)67-15-33-37(71-23(5)57)41(73-25(7)59)45(76-28(10)62)50(82-33)85-39-35(17-69-21(3)55)83-51(46(77-29(11)63)42(39)74-26(8)60)86-40-36(18-70-22(4)56)84-52(47(78-30(12)64)43(40)75-27(9)61)87-44-38(72-24(6)58)34(16-68-20(2)54)81-49(80-32(14)66)48(44)79-31(13)65/h33-52H,15-18H2,1-14H3/t33-,34-,35-,36-,37-,38-,39-,40-,41+,42+,43+,44+,45-,46-,47-,48-,49?,50+,51+,52+/m1/s1. The van der Waals surface area contributed by atoms with Gasteiger partial charge in [-0.2, -0.15) is 0 Å². The predicted molar refractivity (Wildman–Crippen MR) is 268 cm³/mol. The molecule has 4 aliphatic heterocycles. The third kappa shape index (κ3) is 21.9. The molecule has 4 fully saturated rings. The van der Waals surface area contributed by atoms with Crippen molar-refractivity contribution >= 4 is 83.6 Å². The lowest BCUT2D eigenvalue weighted by Gasteiger charge is -2.51. The van der Waals surface area contributed by atoms with E-state index in [1.165, 1.54) is 0 Å². The first-order valence-electron chi connectivity index (χ1n) is 26.5. The monoisotopic (exact) mass is 1250 g/mol. The van der Waals surface area contributed by atoms with E-state index in [2.05, 4.69) is 0 Å². The average molecular weight is 1260 g/mol. The van der Waals surface area contributed by atoms with Crippen molar-refractivity contribution in [2.45, 2.75) is 220 Å². The van der Waals surface area contributed by atoms with Crippen LogP contribution in [0.15, 0.2) is 0 Å². The highest BCUT2D eigenvalue weighted by atomic mass is 16.8. The van der Waals surface area contributed by atoms with Crippen LogP contribution in [-0.2, 0) is 167 Å². The highest BCUT2D eigenvalue weighted by Crippen LogP contribution is 2.40. The second kappa shape index (κ2) is 32.9. The van der Waals surface area contributed by atoms with E-state index in [1.807, 2.05) is 0 Å². The second-order valence-corrected chi connectivity index (χ2v) is 19.5. The third-order valence-corrected chi connectivity index (χ3v) is 12.0. The van der Waals surface area contributed by atoms with Crippen molar-refractivity contribution < 1.29 is 167 Å². The summed E-state index contributed by atoms with van der Waals surface area (Å²) in [5.74, 6) is -14.6. The summed E-state index contributed by atoms with van der Waals surface area (Å²) >= 11 is 0. The molecule has 35 heteroatoms. The summed E-state index contributed by atoms with van der Waals surface area (Å²) in [6.45, 7) is 9.75. The fourth-order valence-electron chi connectivity index (χ4n) is 9.30. The Bertz CT molecular complexity index is 2530. The second-order valence-electron chi connectivity index (χ2n) is 19.5. The molecular weight excluding hydrogens is 1180 g/mol. The van der Waals surface area contributed by atoms with E-state index in [0.29, 0.717) is 0 Å². The van der Waals surface area contributed by atoms with Gasteiger partial charge >= 0.3 is 83.6 Å². The highest BCUT2D eigenvalue weighted by molar-refractivity contribution is 5.71. The Balaban J connectivity index is 2.00. The van der Waals surface area contributed by atoms with Crippen LogP contribution in [0, 0.1) is 0 Å². The van der Waals surface area contributed by atoms with Crippen LogP contribution in [0.2, 0.25) is 0 Å². The summed E-state index contributed by atoms with van der Waals surface area (Å²) in [4.78, 5) is 179. The van der Waals surface area contributed by atoms with Gasteiger partial charge in [0.2, 0.25) is 6.29 Å². The summed E-state index contributed by atoms with van der Waals surface area (Å²) in [6.07, 6.45) is -39.3. The van der Waals surface area contributed by atoms with Crippen LogP contribution < -0.4 is 0 Å². The summed E-state index contributed by atoms with van der Waals surface area (Å²) in [5.41, 5.74) is 0. The van der Waals surface area contributed by atoms with Crippen molar-refractivity contribution in [3.8, 4) is 0 Å². The van der Waals surface area contributed by atoms with E-state index in [9.17, 15) is 67.1 Å². The minimum absolute atomic E-state index is 0.746. The normalized spacial score (nSPS) is 31.9. The van der Waals surface area contributed by atoms with Crippen LogP contribution in [0.1, 0.15) is 96.9 Å². The van der Waals surface area contributed by atoms with E-state index in [-0.39, 0.29) is 0 Å². The molecule has 0 radical (unpaired) electrons. The lowest BCUT2D eigenvalue weighted by atomic mass is 9.94. The molecule has 0 spiro atoms. The van der Waals surface area contributed by atoms with Gasteiger partial charge in [0.05, 0.1) is 0 Å². The minimum Gasteiger partial charge on any atom is -0.463 e. The average Bonchev–Trinajstić information content (AvgIpc) is 3.04. The van der Waals surface area contributed by atoms with Crippen LogP contribution in [0.25, 0.3) is 0 Å². The molecular formula is C52H70O35. The van der Waals surface area contributed by atoms with Crippen molar-refractivity contribution in [2.75, 3.05) is 26.4 Å². The summed E-state index contributed by atoms with van der Waals surface area (Å²) < 4.78 is 121. The molecule has 4 rings (SSSR count). The lowest BCUT2D eigenvalue weighted by molar-refractivity contribution is -0.388. The number of esters is 14. The minimum atomic E-state index is -2.24. The van der Waals surface area contributed by atoms with E-state index < -0.39 is 233 Å². The number of carbonyl (C=O) groups is 14. The zero-order valence-electron chi connectivity index (χ0n) is 49.7. The molecule has 0 saturated carbocycles. The molecule has 488 valence electrons. The van der Waals surface area contributed by atoms with Crippen molar-refractivity contribution in [3.05, 3.63) is 0 Å². The van der Waals surface area contributed by atoms with Gasteiger partial charge in [0.1, 0.15) is 69.2 Å². The smallest absolute Gasteiger partial charge is 0.305 e. The van der Waals surface area contributed by atoms with Gasteiger partial charge in [-0.1, -0.05) is 0 Å². The number of carbonyl (C=O) groups excluding carboxylic acids is 14. The van der Waals surface area contributed by atoms with Crippen molar-refractivity contribution in [1.29, 1.82) is 0 Å². The van der Waals surface area contributed by atoms with Crippen molar-refractivity contribution in [2.24, 2.45) is 0 Å². The molecule has 0 aliphatic carbocycles. The van der Waals surface area contributed by atoms with Crippen LogP contribution in [0.5, 0.6) is 0 Å². The molecule has 0 N–H and O–H groups in total. The Morgan fingerprint density at radius 3 is 0.644 bits per heavy atom. The van der Waals surface area contributed by atoms with Crippen LogP contribution in [0.3, 0.4) is 0 Å². The molecule has 87 heavy (non-hydrogen) atoms. The van der Waals surface area contributed by atoms with E-state index in [0.717, 1.165) is 96.9 Å². The SMILES string of the molecule is CC(=O)OC[C@H]1O[C@@H](O[C@H]2[C@H](OC(C)=O)[C@@H](OC(C)=O)[C@H](O[C@H]3[C@H](OC(C)=O)[C@@H](OC(C)=O)[C@H](O[C@H]4[C@H](OC(C)=O)[C@@H](COC(C)=O)OC(OC(C)=O)[C@@H]4OC(C)=O)O[C@@H]3COC(C)=O)O[C@@H]2COC(C)=O)[C@H](OC(C)=O)[C@@H](OC(C)=O)[C@@H]1OC(C)=O. The molecule has 35 nitrogen and oxygen atoms in total. The van der Waals surface area contributed by atoms with Gasteiger partial charge in [0, 0.05) is 96.9 Å². The van der Waals surface area contributed by atoms with E-state index in [1.54, 1.807) is 0 Å². The predicted octanol–water partition coefficient (Wildman–Crippen LogP) is -1.76. The summed E-state index contributed by atoms with van der Waals surface area (Å²) in [5, 5.41) is 0. The lowest BCUT2D eigenvalue weighted by Crippen LogP contribution is -2.69. The molecule has 20 atom stereocenters. The van der Waals surface area contributed by atoms with Crippen LogP contribution in [-0.4, -0.2) is 233 Å². The maximum absolute atomic E-state index is 13.3. The highest BCUT2D eigenvalue weighted by Gasteiger charge is 2.62. The zero-order chi connectivity index (χ0) is 65.3. The largest absolute Gasteiger partial charge is 0.463 e. The first-order chi connectivity index (χ1) is 40.6. The molecule has 0 aromatic rings. The molecule has 0 aromatic heterocycles. The summed E-state index contributed by atoms with van der Waals surface area (Å²) in [6, 6.07) is 0. The Morgan fingerprint density at radius 1 is 0.207 bits per heavy atom. The third-order valence-electron chi connectivity index (χ3n) is 12.0. The fourth-order valence-corrected chi connectivity index (χ4v) is 9.30. The van der Waals surface area contributed by atoms with E-state index >= 15 is 0 Å². The fraction of sp³-hybridized carbons (Fsp3) is 0.731. The number of ether oxygens (including phenoxy) is 21. The number of hydrogen-bond acceptors (Lipinski definition) is 35. The van der Waals surface area contributed by atoms with Gasteiger partial charge in [0.15, 0.2) is 73.8 Å². The van der Waals surface area contributed by atoms with Gasteiger partial charge in [-0.05, 0) is 0 Å². The van der Waals surface area contributed by atoms with Gasteiger partial charge in [-0.25, -0.2) is 0 Å². The van der Waals surface area contributed by atoms with Crippen LogP contribution in [0.4, 0.5) is 0 Å². The number of rotatable bonds is 24. The van der Waals surface area contributed by atoms with Gasteiger partial charge in [0.25, 0.3) is 0 Å². The van der Waals surface area contributed by atoms with Gasteiger partial charge in [-0.15, -0.1) is 0 Å². The maximum Gasteiger partial charge on any atom is 0.305 e. The molecule has 1 unspecified atom stereocenters. The first-order valence-corrected chi connectivity index (χ1v) is 26.5. The van der Waals surface area contributed by atoms with Gasteiger partial charge in [-0.3, -0.25) is 67.1 Å². The van der Waals surface area contributed by atoms with E-state index in [4.69, 9.17) is 99.5 Å². The quantitative estimate of drug-likeness (QED) is 0.0763. The Kier molecular flexibility index (Phi) is 27.1. The van der Waals surface area contributed by atoms with Gasteiger partial charge < -0.3 is 99.5 Å². The Labute approximate surface area is 495 Å². The first kappa shape index (κ1) is 71.8. The molecule has 0 aromatic carbocycles.